The van der Waals surface area contributed by atoms with E-state index in [1.807, 2.05) is 0 Å². The Kier molecular flexibility index (Phi) is 3.83. The summed E-state index contributed by atoms with van der Waals surface area (Å²) in [5.74, 6) is 0.227. The molecule has 0 bridgehead atoms. The first-order chi connectivity index (χ1) is 7.05. The quantitative estimate of drug-likeness (QED) is 0.382. The van der Waals surface area contributed by atoms with Gasteiger partial charge in [0.05, 0.1) is 5.41 Å². The number of Topliss-reactive ketones (excluding diaryl/α,β-unsaturated/α-hetero) is 2. The van der Waals surface area contributed by atoms with Crippen LogP contribution < -0.4 is 0 Å². The monoisotopic (exact) mass is 208 g/mol. The van der Waals surface area contributed by atoms with E-state index < -0.39 is 5.41 Å². The number of rotatable bonds is 6. The summed E-state index contributed by atoms with van der Waals surface area (Å²) in [6.45, 7) is 5.21. The minimum Gasteiger partial charge on any atom is -0.299 e. The number of allylic oxidation sites excluding steroid dienone is 2. The lowest BCUT2D eigenvalue weighted by Gasteiger charge is -2.06. The van der Waals surface area contributed by atoms with Crippen molar-refractivity contribution in [3.8, 4) is 0 Å². The molecule has 1 unspecified atom stereocenters. The van der Waals surface area contributed by atoms with Crippen molar-refractivity contribution in [1.29, 1.82) is 0 Å². The highest BCUT2D eigenvalue weighted by Gasteiger charge is 2.60. The molecule has 0 radical (unpaired) electrons. The number of hydrogen-bond acceptors (Lipinski definition) is 2. The average Bonchev–Trinajstić information content (AvgIpc) is 2.88. The van der Waals surface area contributed by atoms with Gasteiger partial charge in [0.2, 0.25) is 0 Å². The third-order valence-corrected chi connectivity index (χ3v) is 3.36. The number of ketones is 2. The maximum Gasteiger partial charge on any atom is 0.143 e. The fourth-order valence-corrected chi connectivity index (χ4v) is 2.16. The maximum atomic E-state index is 11.4. The molecule has 1 aliphatic carbocycles. The zero-order chi connectivity index (χ0) is 11.5. The molecule has 15 heavy (non-hydrogen) atoms. The number of unbranched alkanes of at least 4 members (excludes halogenated alkanes) is 2. The van der Waals surface area contributed by atoms with Gasteiger partial charge in [0.15, 0.2) is 0 Å². The van der Waals surface area contributed by atoms with Crippen molar-refractivity contribution < 1.29 is 9.59 Å². The summed E-state index contributed by atoms with van der Waals surface area (Å²) in [7, 11) is 0. The smallest absolute Gasteiger partial charge is 0.143 e. The van der Waals surface area contributed by atoms with Gasteiger partial charge in [-0.05, 0) is 32.6 Å². The molecule has 0 heterocycles. The third kappa shape index (κ3) is 2.36. The van der Waals surface area contributed by atoms with E-state index in [4.69, 9.17) is 0 Å². The van der Waals surface area contributed by atoms with Gasteiger partial charge in [-0.2, -0.15) is 0 Å². The fraction of sp³-hybridized carbons (Fsp3) is 0.692. The highest BCUT2D eigenvalue weighted by atomic mass is 16.2. The van der Waals surface area contributed by atoms with Crippen LogP contribution in [0.3, 0.4) is 0 Å². The summed E-state index contributed by atoms with van der Waals surface area (Å²) >= 11 is 0. The normalized spacial score (nSPS) is 23.0. The first kappa shape index (κ1) is 12.2. The van der Waals surface area contributed by atoms with Crippen LogP contribution in [-0.2, 0) is 9.59 Å². The van der Waals surface area contributed by atoms with E-state index in [0.29, 0.717) is 0 Å². The predicted molar refractivity (Wildman–Crippen MR) is 60.6 cm³/mol. The molecule has 1 fully saturated rings. The Labute approximate surface area is 91.7 Å². The molecule has 0 N–H and O–H groups in total. The maximum absolute atomic E-state index is 11.4. The second-order valence-electron chi connectivity index (χ2n) is 4.46. The Morgan fingerprint density at radius 1 is 1.33 bits per heavy atom. The standard InChI is InChI=1S/C13H20O2/c1-4-5-6-7-8-12-9-13(12,10(2)14)11(3)15/h7-8,12H,4-6,9H2,1-3H3/b8-7+. The number of carbonyl (C=O) groups excluding carboxylic acids is 2. The Bertz CT molecular complexity index is 275. The molecule has 2 heteroatoms. The molecule has 0 aromatic carbocycles. The summed E-state index contributed by atoms with van der Waals surface area (Å²) < 4.78 is 0. The molecule has 0 aromatic rings. The largest absolute Gasteiger partial charge is 0.299 e. The van der Waals surface area contributed by atoms with Gasteiger partial charge in [-0.15, -0.1) is 0 Å². The first-order valence-corrected chi connectivity index (χ1v) is 5.74. The zero-order valence-electron chi connectivity index (χ0n) is 9.88. The molecular formula is C13H20O2. The first-order valence-electron chi connectivity index (χ1n) is 5.74. The van der Waals surface area contributed by atoms with Crippen molar-refractivity contribution in [2.24, 2.45) is 11.3 Å². The van der Waals surface area contributed by atoms with E-state index in [1.54, 1.807) is 0 Å². The molecule has 1 aliphatic rings. The minimum absolute atomic E-state index is 0.0279. The minimum atomic E-state index is -0.650. The second kappa shape index (κ2) is 4.73. The summed E-state index contributed by atoms with van der Waals surface area (Å²) in [6.07, 6.45) is 8.30. The van der Waals surface area contributed by atoms with Crippen molar-refractivity contribution in [1.82, 2.24) is 0 Å². The van der Waals surface area contributed by atoms with Crippen LogP contribution in [0, 0.1) is 11.3 Å². The predicted octanol–water partition coefficient (Wildman–Crippen LogP) is 2.92. The van der Waals surface area contributed by atoms with Crippen LogP contribution in [0.1, 0.15) is 46.5 Å². The molecule has 1 rings (SSSR count). The van der Waals surface area contributed by atoms with Crippen LogP contribution >= 0.6 is 0 Å². The van der Waals surface area contributed by atoms with Gasteiger partial charge in [0.1, 0.15) is 11.6 Å². The van der Waals surface area contributed by atoms with Crippen LogP contribution in [-0.4, -0.2) is 11.6 Å². The van der Waals surface area contributed by atoms with Gasteiger partial charge >= 0.3 is 0 Å². The van der Waals surface area contributed by atoms with Gasteiger partial charge in [0.25, 0.3) is 0 Å². The van der Waals surface area contributed by atoms with Gasteiger partial charge in [0, 0.05) is 0 Å². The van der Waals surface area contributed by atoms with Gasteiger partial charge in [-0.3, -0.25) is 9.59 Å². The number of hydrogen-bond donors (Lipinski definition) is 0. The van der Waals surface area contributed by atoms with Gasteiger partial charge in [-0.1, -0.05) is 31.9 Å². The highest BCUT2D eigenvalue weighted by Crippen LogP contribution is 2.54. The molecule has 0 amide bonds. The lowest BCUT2D eigenvalue weighted by Crippen LogP contribution is -2.23. The lowest BCUT2D eigenvalue weighted by molar-refractivity contribution is -0.132. The lowest BCUT2D eigenvalue weighted by atomic mass is 9.94. The summed E-state index contributed by atoms with van der Waals surface area (Å²) in [4.78, 5) is 22.8. The van der Waals surface area contributed by atoms with E-state index in [0.717, 1.165) is 12.8 Å². The average molecular weight is 208 g/mol. The molecule has 0 saturated heterocycles. The molecular weight excluding hydrogens is 188 g/mol. The van der Waals surface area contributed by atoms with Crippen LogP contribution in [0.15, 0.2) is 12.2 Å². The Balaban J connectivity index is 2.52. The second-order valence-corrected chi connectivity index (χ2v) is 4.46. The van der Waals surface area contributed by atoms with Crippen LogP contribution in [0.4, 0.5) is 0 Å². The van der Waals surface area contributed by atoms with E-state index in [9.17, 15) is 9.59 Å². The molecule has 2 nitrogen and oxygen atoms in total. The summed E-state index contributed by atoms with van der Waals surface area (Å²) in [5.41, 5.74) is -0.650. The van der Waals surface area contributed by atoms with Crippen molar-refractivity contribution in [2.75, 3.05) is 0 Å². The van der Waals surface area contributed by atoms with Crippen LogP contribution in [0.5, 0.6) is 0 Å². The molecule has 0 aromatic heterocycles. The van der Waals surface area contributed by atoms with E-state index >= 15 is 0 Å². The van der Waals surface area contributed by atoms with Crippen molar-refractivity contribution in [3.05, 3.63) is 12.2 Å². The van der Waals surface area contributed by atoms with Gasteiger partial charge in [-0.25, -0.2) is 0 Å². The topological polar surface area (TPSA) is 34.1 Å². The molecule has 0 aliphatic heterocycles. The molecule has 0 spiro atoms. The fourth-order valence-electron chi connectivity index (χ4n) is 2.16. The molecule has 1 atom stereocenters. The summed E-state index contributed by atoms with van der Waals surface area (Å²) in [6, 6.07) is 0. The zero-order valence-corrected chi connectivity index (χ0v) is 9.88. The SMILES string of the molecule is CCCC/C=C/C1CC1(C(C)=O)C(C)=O. The van der Waals surface area contributed by atoms with E-state index in [1.165, 1.54) is 26.7 Å². The Morgan fingerprint density at radius 2 is 1.93 bits per heavy atom. The van der Waals surface area contributed by atoms with Crippen molar-refractivity contribution >= 4 is 11.6 Å². The summed E-state index contributed by atoms with van der Waals surface area (Å²) in [5, 5.41) is 0. The number of carbonyl (C=O) groups is 2. The van der Waals surface area contributed by atoms with Crippen LogP contribution in [0.25, 0.3) is 0 Å². The highest BCUT2D eigenvalue weighted by molar-refractivity contribution is 6.08. The van der Waals surface area contributed by atoms with E-state index in [-0.39, 0.29) is 17.5 Å². The van der Waals surface area contributed by atoms with Gasteiger partial charge < -0.3 is 0 Å². The Hall–Kier alpha value is -0.920. The molecule has 84 valence electrons. The molecule has 1 saturated carbocycles. The van der Waals surface area contributed by atoms with Crippen molar-refractivity contribution in [2.45, 2.75) is 46.5 Å². The van der Waals surface area contributed by atoms with Crippen LogP contribution in [0.2, 0.25) is 0 Å². The third-order valence-electron chi connectivity index (χ3n) is 3.36. The van der Waals surface area contributed by atoms with E-state index in [2.05, 4.69) is 19.1 Å². The Morgan fingerprint density at radius 3 is 2.33 bits per heavy atom. The van der Waals surface area contributed by atoms with Crippen molar-refractivity contribution in [3.63, 3.8) is 0 Å².